The summed E-state index contributed by atoms with van der Waals surface area (Å²) >= 11 is 6.00. The lowest BCUT2D eigenvalue weighted by Gasteiger charge is -2.01. The first-order valence-electron chi connectivity index (χ1n) is 3.70. The van der Waals surface area contributed by atoms with E-state index in [1.807, 2.05) is 0 Å². The van der Waals surface area contributed by atoms with E-state index in [0.717, 1.165) is 5.92 Å². The van der Waals surface area contributed by atoms with Crippen LogP contribution in [0.1, 0.15) is 33.1 Å². The number of hydrogen-bond donors (Lipinski definition) is 0. The second-order valence-corrected chi connectivity index (χ2v) is 3.55. The lowest BCUT2D eigenvalue weighted by atomic mass is 10.0. The minimum Gasteiger partial charge on any atom is -0.122 e. The summed E-state index contributed by atoms with van der Waals surface area (Å²) in [6, 6.07) is 0. The first kappa shape index (κ1) is 7.40. The van der Waals surface area contributed by atoms with Crippen LogP contribution in [-0.4, -0.2) is 5.38 Å². The normalized spacial score (nSPS) is 37.7. The molecule has 53 valence electrons. The van der Waals surface area contributed by atoms with Crippen LogP contribution >= 0.6 is 11.6 Å². The minimum absolute atomic E-state index is 0.384. The van der Waals surface area contributed by atoms with Crippen LogP contribution in [0, 0.1) is 11.8 Å². The van der Waals surface area contributed by atoms with Crippen LogP contribution in [-0.2, 0) is 0 Å². The molecule has 1 radical (unpaired) electrons. The van der Waals surface area contributed by atoms with Gasteiger partial charge in [0.1, 0.15) is 0 Å². The van der Waals surface area contributed by atoms with Crippen molar-refractivity contribution >= 4 is 11.6 Å². The molecule has 0 amide bonds. The molecule has 1 fully saturated rings. The van der Waals surface area contributed by atoms with Crippen molar-refractivity contribution in [1.29, 1.82) is 0 Å². The predicted octanol–water partition coefficient (Wildman–Crippen LogP) is 3.01. The molecule has 2 unspecified atom stereocenters. The highest BCUT2D eigenvalue weighted by Crippen LogP contribution is 2.37. The van der Waals surface area contributed by atoms with Crippen LogP contribution in [0.25, 0.3) is 0 Å². The second-order valence-electron chi connectivity index (χ2n) is 3.03. The smallest absolute Gasteiger partial charge is 0.0398 e. The van der Waals surface area contributed by atoms with Crippen molar-refractivity contribution in [2.75, 3.05) is 0 Å². The molecule has 1 rings (SSSR count). The highest BCUT2D eigenvalue weighted by Gasteiger charge is 2.28. The summed E-state index contributed by atoms with van der Waals surface area (Å²) in [4.78, 5) is 0. The molecule has 0 nitrogen and oxygen atoms in total. The van der Waals surface area contributed by atoms with Crippen molar-refractivity contribution < 1.29 is 0 Å². The molecule has 1 heteroatoms. The molecule has 2 atom stereocenters. The number of halogens is 1. The Kier molecular flexibility index (Phi) is 2.40. The van der Waals surface area contributed by atoms with Crippen molar-refractivity contribution in [2.45, 2.75) is 38.5 Å². The third-order valence-electron chi connectivity index (χ3n) is 2.26. The van der Waals surface area contributed by atoms with Crippen LogP contribution in [0.4, 0.5) is 0 Å². The number of hydrogen-bond acceptors (Lipinski definition) is 0. The molecule has 1 aliphatic carbocycles. The van der Waals surface area contributed by atoms with Gasteiger partial charge in [0, 0.05) is 5.38 Å². The average Bonchev–Trinajstić information content (AvgIpc) is 2.13. The van der Waals surface area contributed by atoms with Crippen molar-refractivity contribution in [3.8, 4) is 0 Å². The molecule has 0 aromatic carbocycles. The minimum atomic E-state index is 0.384. The maximum atomic E-state index is 6.00. The monoisotopic (exact) mass is 145 g/mol. The molecule has 1 aliphatic rings. The Labute approximate surface area is 62.6 Å². The van der Waals surface area contributed by atoms with E-state index in [1.165, 1.54) is 25.2 Å². The molecule has 9 heavy (non-hydrogen) atoms. The summed E-state index contributed by atoms with van der Waals surface area (Å²) in [7, 11) is 0. The summed E-state index contributed by atoms with van der Waals surface area (Å²) in [5, 5.41) is 0.384. The Morgan fingerprint density at radius 2 is 2.33 bits per heavy atom. The molecule has 0 aromatic heterocycles. The van der Waals surface area contributed by atoms with Gasteiger partial charge in [0.2, 0.25) is 0 Å². The van der Waals surface area contributed by atoms with Crippen LogP contribution in [0.15, 0.2) is 0 Å². The lowest BCUT2D eigenvalue weighted by molar-refractivity contribution is 0.535. The highest BCUT2D eigenvalue weighted by molar-refractivity contribution is 6.22. The number of alkyl halides is 1. The fourth-order valence-corrected chi connectivity index (χ4v) is 1.81. The summed E-state index contributed by atoms with van der Waals surface area (Å²) in [5.74, 6) is 2.37. The molecule has 0 spiro atoms. The van der Waals surface area contributed by atoms with Crippen LogP contribution < -0.4 is 0 Å². The zero-order valence-corrected chi connectivity index (χ0v) is 6.91. The van der Waals surface area contributed by atoms with Gasteiger partial charge >= 0.3 is 0 Å². The van der Waals surface area contributed by atoms with Crippen LogP contribution in [0.5, 0.6) is 0 Å². The topological polar surface area (TPSA) is 0 Å². The summed E-state index contributed by atoms with van der Waals surface area (Å²) < 4.78 is 0. The molecule has 1 saturated carbocycles. The highest BCUT2D eigenvalue weighted by atomic mass is 35.5. The van der Waals surface area contributed by atoms with E-state index < -0.39 is 0 Å². The second kappa shape index (κ2) is 2.92. The Morgan fingerprint density at radius 3 is 2.56 bits per heavy atom. The predicted molar refractivity (Wildman–Crippen MR) is 41.6 cm³/mol. The first-order valence-corrected chi connectivity index (χ1v) is 4.14. The van der Waals surface area contributed by atoms with Gasteiger partial charge in [-0.25, -0.2) is 0 Å². The Balaban J connectivity index is 2.35. The van der Waals surface area contributed by atoms with E-state index in [4.69, 9.17) is 11.6 Å². The maximum absolute atomic E-state index is 6.00. The van der Waals surface area contributed by atoms with Gasteiger partial charge in [-0.15, -0.1) is 11.6 Å². The molecule has 0 aromatic rings. The zero-order chi connectivity index (χ0) is 6.85. The first-order chi connectivity index (χ1) is 4.24. The summed E-state index contributed by atoms with van der Waals surface area (Å²) in [5.41, 5.74) is 0. The molecule has 0 heterocycles. The fourth-order valence-electron chi connectivity index (χ4n) is 1.47. The van der Waals surface area contributed by atoms with Crippen molar-refractivity contribution in [3.05, 3.63) is 5.92 Å². The van der Waals surface area contributed by atoms with E-state index in [2.05, 4.69) is 13.8 Å². The maximum Gasteiger partial charge on any atom is 0.0398 e. The van der Waals surface area contributed by atoms with E-state index >= 15 is 0 Å². The third-order valence-corrected chi connectivity index (χ3v) is 2.81. The molecule has 0 saturated heterocycles. The molecular formula is C8H14Cl. The lowest BCUT2D eigenvalue weighted by Crippen LogP contribution is -1.97. The van der Waals surface area contributed by atoms with Gasteiger partial charge in [-0.2, -0.15) is 0 Å². The van der Waals surface area contributed by atoms with Gasteiger partial charge in [-0.1, -0.05) is 20.3 Å². The van der Waals surface area contributed by atoms with Gasteiger partial charge < -0.3 is 0 Å². The SMILES string of the molecule is CCC1C[C](C)C(Cl)C1. The van der Waals surface area contributed by atoms with Crippen LogP contribution in [0.3, 0.4) is 0 Å². The van der Waals surface area contributed by atoms with E-state index in [1.54, 1.807) is 0 Å². The standard InChI is InChI=1S/C8H14Cl/c1-3-7-4-6(2)8(9)5-7/h7-8H,3-5H2,1-2H3. The Morgan fingerprint density at radius 1 is 1.67 bits per heavy atom. The fraction of sp³-hybridized carbons (Fsp3) is 0.875. The van der Waals surface area contributed by atoms with Crippen LogP contribution in [0.2, 0.25) is 0 Å². The average molecular weight is 146 g/mol. The summed E-state index contributed by atoms with van der Waals surface area (Å²) in [6.07, 6.45) is 3.77. The van der Waals surface area contributed by atoms with Crippen molar-refractivity contribution in [3.63, 3.8) is 0 Å². The molecular weight excluding hydrogens is 132 g/mol. The molecule has 0 bridgehead atoms. The van der Waals surface area contributed by atoms with E-state index in [-0.39, 0.29) is 0 Å². The van der Waals surface area contributed by atoms with Gasteiger partial charge in [-0.3, -0.25) is 0 Å². The summed E-state index contributed by atoms with van der Waals surface area (Å²) in [6.45, 7) is 4.42. The van der Waals surface area contributed by atoms with Crippen molar-refractivity contribution in [2.24, 2.45) is 5.92 Å². The number of rotatable bonds is 1. The van der Waals surface area contributed by atoms with Crippen molar-refractivity contribution in [1.82, 2.24) is 0 Å². The quantitative estimate of drug-likeness (QED) is 0.498. The molecule has 0 N–H and O–H groups in total. The van der Waals surface area contributed by atoms with E-state index in [9.17, 15) is 0 Å². The van der Waals surface area contributed by atoms with Gasteiger partial charge in [-0.05, 0) is 24.7 Å². The zero-order valence-electron chi connectivity index (χ0n) is 6.15. The Bertz CT molecular complexity index is 80.6. The third kappa shape index (κ3) is 1.61. The van der Waals surface area contributed by atoms with E-state index in [0.29, 0.717) is 5.38 Å². The largest absolute Gasteiger partial charge is 0.122 e. The van der Waals surface area contributed by atoms with Gasteiger partial charge in [0.15, 0.2) is 0 Å². The van der Waals surface area contributed by atoms with Gasteiger partial charge in [0.05, 0.1) is 0 Å². The molecule has 0 aliphatic heterocycles. The van der Waals surface area contributed by atoms with Gasteiger partial charge in [0.25, 0.3) is 0 Å². The Hall–Kier alpha value is 0.290.